The van der Waals surface area contributed by atoms with Gasteiger partial charge in [0.15, 0.2) is 0 Å². The fourth-order valence-corrected chi connectivity index (χ4v) is 4.99. The molecular weight excluding hydrogens is 356 g/mol. The third kappa shape index (κ3) is 2.86. The average molecular weight is 373 g/mol. The summed E-state index contributed by atoms with van der Waals surface area (Å²) in [4.78, 5) is 14.3. The minimum atomic E-state index is -3.85. The number of sulfonamides is 1. The molecule has 2 unspecified atom stereocenters. The van der Waals surface area contributed by atoms with Gasteiger partial charge in [-0.25, -0.2) is 13.6 Å². The highest BCUT2D eigenvalue weighted by Crippen LogP contribution is 2.38. The number of likely N-dealkylation sites (tertiary alicyclic amines) is 1. The quantitative estimate of drug-likeness (QED) is 0.861. The van der Waals surface area contributed by atoms with Crippen molar-refractivity contribution in [1.82, 2.24) is 4.90 Å². The van der Waals surface area contributed by atoms with Crippen molar-refractivity contribution in [2.75, 3.05) is 13.1 Å². The number of halogens is 1. The molecule has 21 heavy (non-hydrogen) atoms. The van der Waals surface area contributed by atoms with E-state index in [-0.39, 0.29) is 10.8 Å². The lowest BCUT2D eigenvalue weighted by Gasteiger charge is -2.18. The first kappa shape index (κ1) is 15.0. The number of carbonyl (C=O) groups is 1. The minimum absolute atomic E-state index is 0.0484. The number of rotatable bonds is 2. The fraction of sp³-hybridized carbons (Fsp3) is 0.500. The maximum Gasteiger partial charge on any atom is 0.253 e. The van der Waals surface area contributed by atoms with Crippen LogP contribution in [0, 0.1) is 11.8 Å². The second kappa shape index (κ2) is 5.37. The van der Waals surface area contributed by atoms with E-state index in [4.69, 9.17) is 5.14 Å². The number of carbonyl (C=O) groups excluding carboxylic acids is 1. The number of amides is 1. The van der Waals surface area contributed by atoms with E-state index in [1.54, 1.807) is 12.1 Å². The second-order valence-corrected chi connectivity index (χ2v) is 8.24. The summed E-state index contributed by atoms with van der Waals surface area (Å²) in [5, 5.41) is 5.17. The van der Waals surface area contributed by atoms with Gasteiger partial charge in [-0.15, -0.1) is 0 Å². The Balaban J connectivity index is 1.86. The van der Waals surface area contributed by atoms with Gasteiger partial charge in [-0.05, 0) is 58.8 Å². The number of nitrogens with two attached hydrogens (primary N) is 1. The van der Waals surface area contributed by atoms with E-state index < -0.39 is 10.0 Å². The molecule has 7 heteroatoms. The molecule has 3 rings (SSSR count). The van der Waals surface area contributed by atoms with Gasteiger partial charge >= 0.3 is 0 Å². The van der Waals surface area contributed by atoms with Gasteiger partial charge in [-0.3, -0.25) is 4.79 Å². The molecule has 1 aliphatic heterocycles. The van der Waals surface area contributed by atoms with Gasteiger partial charge in [0.2, 0.25) is 10.0 Å². The number of benzene rings is 1. The van der Waals surface area contributed by atoms with Crippen LogP contribution in [0.4, 0.5) is 0 Å². The van der Waals surface area contributed by atoms with Crippen LogP contribution >= 0.6 is 15.9 Å². The first-order valence-electron chi connectivity index (χ1n) is 6.98. The Morgan fingerprint density at radius 1 is 1.24 bits per heavy atom. The minimum Gasteiger partial charge on any atom is -0.338 e. The SMILES string of the molecule is NS(=O)(=O)c1cc(C(=O)N2CC3CCCC3C2)ccc1Br. The standard InChI is InChI=1S/C14H17BrN2O3S/c15-12-5-4-9(6-13(12)21(16,19)20)14(18)17-7-10-2-1-3-11(10)8-17/h4-6,10-11H,1-3,7-8H2,(H2,16,19,20). The van der Waals surface area contributed by atoms with Gasteiger partial charge in [-0.2, -0.15) is 0 Å². The predicted molar refractivity (Wildman–Crippen MR) is 82.2 cm³/mol. The van der Waals surface area contributed by atoms with Crippen molar-refractivity contribution < 1.29 is 13.2 Å². The Kier molecular flexibility index (Phi) is 3.83. The summed E-state index contributed by atoms with van der Waals surface area (Å²) in [5.41, 5.74) is 0.377. The summed E-state index contributed by atoms with van der Waals surface area (Å²) in [6, 6.07) is 4.55. The van der Waals surface area contributed by atoms with Gasteiger partial charge in [0.1, 0.15) is 0 Å². The van der Waals surface area contributed by atoms with Gasteiger partial charge in [0.25, 0.3) is 5.91 Å². The van der Waals surface area contributed by atoms with E-state index in [2.05, 4.69) is 15.9 Å². The number of hydrogen-bond acceptors (Lipinski definition) is 3. The Bertz CT molecular complexity index is 677. The highest BCUT2D eigenvalue weighted by Gasteiger charge is 2.38. The lowest BCUT2D eigenvalue weighted by atomic mass is 10.0. The maximum atomic E-state index is 12.5. The van der Waals surface area contributed by atoms with Crippen molar-refractivity contribution >= 4 is 31.9 Å². The molecule has 2 fully saturated rings. The Hall–Kier alpha value is -0.920. The Labute approximate surface area is 132 Å². The Morgan fingerprint density at radius 3 is 2.43 bits per heavy atom. The molecule has 2 N–H and O–H groups in total. The van der Waals surface area contributed by atoms with Gasteiger partial charge in [0.05, 0.1) is 4.90 Å². The molecule has 0 aromatic heterocycles. The lowest BCUT2D eigenvalue weighted by molar-refractivity contribution is 0.0780. The van der Waals surface area contributed by atoms with E-state index in [1.807, 2.05) is 4.90 Å². The molecule has 0 radical (unpaired) electrons. The van der Waals surface area contributed by atoms with Gasteiger partial charge in [-0.1, -0.05) is 6.42 Å². The van der Waals surface area contributed by atoms with E-state index in [0.717, 1.165) is 13.1 Å². The van der Waals surface area contributed by atoms with Crippen molar-refractivity contribution in [2.24, 2.45) is 17.0 Å². The average Bonchev–Trinajstić information content (AvgIpc) is 2.97. The zero-order chi connectivity index (χ0) is 15.2. The molecule has 1 aromatic rings. The summed E-state index contributed by atoms with van der Waals surface area (Å²) >= 11 is 3.15. The van der Waals surface area contributed by atoms with Crippen LogP contribution in [0.25, 0.3) is 0 Å². The van der Waals surface area contributed by atoms with Crippen molar-refractivity contribution in [3.63, 3.8) is 0 Å². The normalized spacial score (nSPS) is 25.1. The highest BCUT2D eigenvalue weighted by atomic mass is 79.9. The number of primary sulfonamides is 1. The molecule has 114 valence electrons. The molecule has 1 amide bonds. The maximum absolute atomic E-state index is 12.5. The van der Waals surface area contributed by atoms with Gasteiger partial charge in [0, 0.05) is 23.1 Å². The highest BCUT2D eigenvalue weighted by molar-refractivity contribution is 9.10. The van der Waals surface area contributed by atoms with Crippen LogP contribution in [-0.4, -0.2) is 32.3 Å². The molecule has 2 aliphatic rings. The summed E-state index contributed by atoms with van der Waals surface area (Å²) < 4.78 is 23.4. The lowest BCUT2D eigenvalue weighted by Crippen LogP contribution is -2.29. The molecule has 2 atom stereocenters. The van der Waals surface area contributed by atoms with Crippen LogP contribution < -0.4 is 5.14 Å². The zero-order valence-electron chi connectivity index (χ0n) is 11.5. The van der Waals surface area contributed by atoms with Gasteiger partial charge < -0.3 is 4.90 Å². The summed E-state index contributed by atoms with van der Waals surface area (Å²) in [7, 11) is -3.85. The van der Waals surface area contributed by atoms with E-state index in [1.165, 1.54) is 25.3 Å². The first-order valence-corrected chi connectivity index (χ1v) is 9.32. The van der Waals surface area contributed by atoms with Crippen molar-refractivity contribution in [3.8, 4) is 0 Å². The topological polar surface area (TPSA) is 80.5 Å². The molecule has 1 aromatic carbocycles. The molecule has 1 saturated carbocycles. The first-order chi connectivity index (χ1) is 9.86. The van der Waals surface area contributed by atoms with E-state index in [0.29, 0.717) is 21.9 Å². The summed E-state index contributed by atoms with van der Waals surface area (Å²) in [6.45, 7) is 1.56. The largest absolute Gasteiger partial charge is 0.338 e. The third-order valence-electron chi connectivity index (χ3n) is 4.50. The second-order valence-electron chi connectivity index (χ2n) is 5.85. The van der Waals surface area contributed by atoms with Crippen LogP contribution in [0.2, 0.25) is 0 Å². The van der Waals surface area contributed by atoms with Crippen LogP contribution in [-0.2, 0) is 10.0 Å². The summed E-state index contributed by atoms with van der Waals surface area (Å²) in [5.74, 6) is 1.12. The number of hydrogen-bond donors (Lipinski definition) is 1. The third-order valence-corrected chi connectivity index (χ3v) is 6.40. The number of nitrogens with zero attached hydrogens (tertiary/aromatic N) is 1. The van der Waals surface area contributed by atoms with Crippen LogP contribution in [0.5, 0.6) is 0 Å². The fourth-order valence-electron chi connectivity index (χ4n) is 3.44. The molecule has 0 bridgehead atoms. The van der Waals surface area contributed by atoms with E-state index >= 15 is 0 Å². The summed E-state index contributed by atoms with van der Waals surface area (Å²) in [6.07, 6.45) is 3.64. The Morgan fingerprint density at radius 2 is 1.86 bits per heavy atom. The molecule has 1 aliphatic carbocycles. The number of fused-ring (bicyclic) bond motifs is 1. The van der Waals surface area contributed by atoms with Crippen LogP contribution in [0.3, 0.4) is 0 Å². The molecule has 5 nitrogen and oxygen atoms in total. The van der Waals surface area contributed by atoms with Crippen molar-refractivity contribution in [3.05, 3.63) is 28.2 Å². The van der Waals surface area contributed by atoms with Crippen LogP contribution in [0.1, 0.15) is 29.6 Å². The molecule has 0 spiro atoms. The zero-order valence-corrected chi connectivity index (χ0v) is 13.9. The molecular formula is C14H17BrN2O3S. The molecule has 1 heterocycles. The van der Waals surface area contributed by atoms with Crippen molar-refractivity contribution in [1.29, 1.82) is 0 Å². The van der Waals surface area contributed by atoms with Crippen LogP contribution in [0.15, 0.2) is 27.6 Å². The van der Waals surface area contributed by atoms with E-state index in [9.17, 15) is 13.2 Å². The molecule has 1 saturated heterocycles. The smallest absolute Gasteiger partial charge is 0.253 e. The predicted octanol–water partition coefficient (Wildman–Crippen LogP) is 1.97. The monoisotopic (exact) mass is 372 g/mol. The van der Waals surface area contributed by atoms with Crippen molar-refractivity contribution in [2.45, 2.75) is 24.2 Å².